The lowest BCUT2D eigenvalue weighted by Gasteiger charge is -2.02. The van der Waals surface area contributed by atoms with E-state index in [1.165, 1.54) is 0 Å². The molecule has 0 aliphatic heterocycles. The summed E-state index contributed by atoms with van der Waals surface area (Å²) in [7, 11) is 0. The summed E-state index contributed by atoms with van der Waals surface area (Å²) in [5.41, 5.74) is 1.11. The van der Waals surface area contributed by atoms with Gasteiger partial charge in [-0.3, -0.25) is 4.79 Å². The Morgan fingerprint density at radius 1 is 1.38 bits per heavy atom. The van der Waals surface area contributed by atoms with E-state index < -0.39 is 5.97 Å². The number of rotatable bonds is 3. The summed E-state index contributed by atoms with van der Waals surface area (Å²) >= 11 is 0. The summed E-state index contributed by atoms with van der Waals surface area (Å²) in [6.07, 6.45) is 0.00434. The Morgan fingerprint density at radius 2 is 2.12 bits per heavy atom. The van der Waals surface area contributed by atoms with Crippen molar-refractivity contribution in [3.05, 3.63) is 35.7 Å². The molecule has 0 bridgehead atoms. The zero-order chi connectivity index (χ0) is 11.4. The molecule has 82 valence electrons. The monoisotopic (exact) mass is 218 g/mol. The standard InChI is InChI=1S/C10H10N4O2/c1-7-2-4-8(5-3-7)16-10(15)6-9-11-13-14-12-9/h2-5H,6H2,1H3,(H,11,12,13,14). The number of tetrazole rings is 1. The number of ether oxygens (including phenoxy) is 1. The molecular weight excluding hydrogens is 208 g/mol. The molecule has 6 heteroatoms. The highest BCUT2D eigenvalue weighted by Crippen LogP contribution is 2.11. The van der Waals surface area contributed by atoms with Crippen LogP contribution in [0.2, 0.25) is 0 Å². The predicted molar refractivity (Wildman–Crippen MR) is 54.7 cm³/mol. The molecule has 1 N–H and O–H groups in total. The molecule has 0 amide bonds. The van der Waals surface area contributed by atoms with E-state index in [1.54, 1.807) is 12.1 Å². The van der Waals surface area contributed by atoms with Gasteiger partial charge < -0.3 is 4.74 Å². The molecule has 0 unspecified atom stereocenters. The van der Waals surface area contributed by atoms with Gasteiger partial charge in [0.2, 0.25) is 0 Å². The van der Waals surface area contributed by atoms with Gasteiger partial charge in [0.15, 0.2) is 5.82 Å². The summed E-state index contributed by atoms with van der Waals surface area (Å²) < 4.78 is 5.08. The van der Waals surface area contributed by atoms with Crippen molar-refractivity contribution in [1.29, 1.82) is 0 Å². The normalized spacial score (nSPS) is 10.1. The molecule has 0 fully saturated rings. The summed E-state index contributed by atoms with van der Waals surface area (Å²) in [5.74, 6) is 0.418. The Kier molecular flexibility index (Phi) is 2.90. The maximum absolute atomic E-state index is 11.4. The van der Waals surface area contributed by atoms with Crippen LogP contribution in [0.4, 0.5) is 0 Å². The fourth-order valence-corrected chi connectivity index (χ4v) is 1.16. The first-order valence-electron chi connectivity index (χ1n) is 4.74. The molecule has 1 heterocycles. The number of benzene rings is 1. The number of esters is 1. The second-order valence-electron chi connectivity index (χ2n) is 3.29. The average molecular weight is 218 g/mol. The molecule has 0 radical (unpaired) electrons. The van der Waals surface area contributed by atoms with E-state index in [4.69, 9.17) is 4.74 Å². The fraction of sp³-hybridized carbons (Fsp3) is 0.200. The van der Waals surface area contributed by atoms with Crippen LogP contribution in [0.15, 0.2) is 24.3 Å². The predicted octanol–water partition coefficient (Wildman–Crippen LogP) is 0.656. The summed E-state index contributed by atoms with van der Waals surface area (Å²) in [4.78, 5) is 11.4. The number of carbonyl (C=O) groups excluding carboxylic acids is 1. The highest BCUT2D eigenvalue weighted by atomic mass is 16.5. The average Bonchev–Trinajstić information content (AvgIpc) is 2.74. The molecule has 1 aromatic carbocycles. The van der Waals surface area contributed by atoms with Gasteiger partial charge in [-0.25, -0.2) is 0 Å². The number of aromatic amines is 1. The Bertz CT molecular complexity index is 464. The zero-order valence-corrected chi connectivity index (χ0v) is 8.67. The van der Waals surface area contributed by atoms with Crippen molar-refractivity contribution in [2.75, 3.05) is 0 Å². The quantitative estimate of drug-likeness (QED) is 0.604. The molecule has 0 spiro atoms. The maximum Gasteiger partial charge on any atom is 0.319 e. The van der Waals surface area contributed by atoms with E-state index in [0.717, 1.165) is 5.56 Å². The van der Waals surface area contributed by atoms with Crippen molar-refractivity contribution in [3.8, 4) is 5.75 Å². The van der Waals surface area contributed by atoms with Crippen LogP contribution in [-0.4, -0.2) is 26.6 Å². The van der Waals surface area contributed by atoms with E-state index in [2.05, 4.69) is 20.6 Å². The first-order chi connectivity index (χ1) is 7.74. The Labute approximate surface area is 91.6 Å². The first kappa shape index (κ1) is 10.3. The van der Waals surface area contributed by atoms with Crippen molar-refractivity contribution in [2.45, 2.75) is 13.3 Å². The minimum absolute atomic E-state index is 0.00434. The summed E-state index contributed by atoms with van der Waals surface area (Å²) in [6, 6.07) is 7.22. The lowest BCUT2D eigenvalue weighted by atomic mass is 10.2. The van der Waals surface area contributed by atoms with Gasteiger partial charge in [0.25, 0.3) is 0 Å². The van der Waals surface area contributed by atoms with Gasteiger partial charge in [0, 0.05) is 0 Å². The van der Waals surface area contributed by atoms with Crippen LogP contribution in [0.1, 0.15) is 11.4 Å². The number of nitrogens with zero attached hydrogens (tertiary/aromatic N) is 3. The fourth-order valence-electron chi connectivity index (χ4n) is 1.16. The van der Waals surface area contributed by atoms with Crippen molar-refractivity contribution < 1.29 is 9.53 Å². The van der Waals surface area contributed by atoms with E-state index in [9.17, 15) is 4.79 Å². The van der Waals surface area contributed by atoms with E-state index in [0.29, 0.717) is 11.6 Å². The van der Waals surface area contributed by atoms with Gasteiger partial charge >= 0.3 is 5.97 Å². The molecule has 16 heavy (non-hydrogen) atoms. The molecule has 2 aromatic rings. The number of nitrogens with one attached hydrogen (secondary N) is 1. The number of aromatic nitrogens is 4. The lowest BCUT2D eigenvalue weighted by Crippen LogP contribution is -2.12. The number of hydrogen-bond donors (Lipinski definition) is 1. The molecule has 6 nitrogen and oxygen atoms in total. The third kappa shape index (κ3) is 2.63. The van der Waals surface area contributed by atoms with Crippen LogP contribution >= 0.6 is 0 Å². The third-order valence-corrected chi connectivity index (χ3v) is 1.94. The Morgan fingerprint density at radius 3 is 2.75 bits per heavy atom. The topological polar surface area (TPSA) is 80.8 Å². The SMILES string of the molecule is Cc1ccc(OC(=O)Cc2nn[nH]n2)cc1. The maximum atomic E-state index is 11.4. The van der Waals surface area contributed by atoms with Crippen LogP contribution in [0.5, 0.6) is 5.75 Å². The molecule has 0 saturated heterocycles. The summed E-state index contributed by atoms with van der Waals surface area (Å²) in [6.45, 7) is 1.96. The molecule has 0 saturated carbocycles. The highest BCUT2D eigenvalue weighted by Gasteiger charge is 2.09. The smallest absolute Gasteiger partial charge is 0.319 e. The molecule has 2 rings (SSSR count). The first-order valence-corrected chi connectivity index (χ1v) is 4.74. The number of hydrogen-bond acceptors (Lipinski definition) is 5. The largest absolute Gasteiger partial charge is 0.426 e. The second-order valence-corrected chi connectivity index (χ2v) is 3.29. The van der Waals surface area contributed by atoms with Gasteiger partial charge in [-0.15, -0.1) is 10.2 Å². The second kappa shape index (κ2) is 4.52. The molecule has 0 aliphatic rings. The van der Waals surface area contributed by atoms with Crippen LogP contribution < -0.4 is 4.74 Å². The van der Waals surface area contributed by atoms with Gasteiger partial charge in [-0.1, -0.05) is 22.9 Å². The minimum atomic E-state index is -0.412. The van der Waals surface area contributed by atoms with E-state index >= 15 is 0 Å². The van der Waals surface area contributed by atoms with Crippen molar-refractivity contribution in [3.63, 3.8) is 0 Å². The summed E-state index contributed by atoms with van der Waals surface area (Å²) in [5, 5.41) is 12.9. The minimum Gasteiger partial charge on any atom is -0.426 e. The van der Waals surface area contributed by atoms with Gasteiger partial charge in [-0.2, -0.15) is 5.21 Å². The Hall–Kier alpha value is -2.24. The van der Waals surface area contributed by atoms with Crippen LogP contribution in [-0.2, 0) is 11.2 Å². The highest BCUT2D eigenvalue weighted by molar-refractivity contribution is 5.74. The Balaban J connectivity index is 1.95. The van der Waals surface area contributed by atoms with E-state index in [-0.39, 0.29) is 6.42 Å². The molecular formula is C10H10N4O2. The molecule has 0 aliphatic carbocycles. The van der Waals surface area contributed by atoms with Crippen LogP contribution in [0, 0.1) is 6.92 Å². The van der Waals surface area contributed by atoms with E-state index in [1.807, 2.05) is 19.1 Å². The number of H-pyrrole nitrogens is 1. The van der Waals surface area contributed by atoms with Crippen LogP contribution in [0.3, 0.4) is 0 Å². The molecule has 0 atom stereocenters. The van der Waals surface area contributed by atoms with Gasteiger partial charge in [-0.05, 0) is 19.1 Å². The molecule has 1 aromatic heterocycles. The third-order valence-electron chi connectivity index (χ3n) is 1.94. The van der Waals surface area contributed by atoms with Crippen molar-refractivity contribution >= 4 is 5.97 Å². The van der Waals surface area contributed by atoms with Crippen molar-refractivity contribution in [1.82, 2.24) is 20.6 Å². The lowest BCUT2D eigenvalue weighted by molar-refractivity contribution is -0.133. The zero-order valence-electron chi connectivity index (χ0n) is 8.67. The number of aryl methyl sites for hydroxylation is 1. The van der Waals surface area contributed by atoms with Crippen LogP contribution in [0.25, 0.3) is 0 Å². The van der Waals surface area contributed by atoms with Crippen molar-refractivity contribution in [2.24, 2.45) is 0 Å². The number of carbonyl (C=O) groups is 1. The van der Waals surface area contributed by atoms with Gasteiger partial charge in [0.05, 0.1) is 0 Å². The van der Waals surface area contributed by atoms with Gasteiger partial charge in [0.1, 0.15) is 12.2 Å².